The number of esters is 1. The average molecular weight is 232 g/mol. The summed E-state index contributed by atoms with van der Waals surface area (Å²) in [6, 6.07) is 0. The molecule has 0 N–H and O–H groups in total. The van der Waals surface area contributed by atoms with Crippen molar-refractivity contribution in [2.24, 2.45) is 0 Å². The maximum atomic E-state index is 11.6. The molecule has 0 radical (unpaired) electrons. The first-order valence-corrected chi connectivity index (χ1v) is 5.06. The molecule has 5 nitrogen and oxygen atoms in total. The minimum Gasteiger partial charge on any atom is -0.460 e. The number of ether oxygens (including phenoxy) is 3. The third-order valence-electron chi connectivity index (χ3n) is 1.70. The van der Waals surface area contributed by atoms with Gasteiger partial charge in [-0.3, -0.25) is 9.59 Å². The summed E-state index contributed by atoms with van der Waals surface area (Å²) in [5.74, 6) is -0.880. The Kier molecular flexibility index (Phi) is 6.21. The Labute approximate surface area is 96.1 Å². The van der Waals surface area contributed by atoms with E-state index < -0.39 is 17.7 Å². The number of methoxy groups -OCH3 is 2. The van der Waals surface area contributed by atoms with E-state index >= 15 is 0 Å². The van der Waals surface area contributed by atoms with Crippen LogP contribution in [0, 0.1) is 0 Å². The summed E-state index contributed by atoms with van der Waals surface area (Å²) in [7, 11) is 2.86. The van der Waals surface area contributed by atoms with Crippen LogP contribution in [0.25, 0.3) is 0 Å². The SMILES string of the molecule is COC[C@@H](OC)C(=O)CC(=O)OC(C)(C)C. The molecule has 0 saturated heterocycles. The van der Waals surface area contributed by atoms with Gasteiger partial charge in [0, 0.05) is 14.2 Å². The molecule has 0 aromatic rings. The molecule has 0 saturated carbocycles. The van der Waals surface area contributed by atoms with Gasteiger partial charge < -0.3 is 14.2 Å². The Morgan fingerprint density at radius 1 is 1.19 bits per heavy atom. The Morgan fingerprint density at radius 3 is 2.12 bits per heavy atom. The molecule has 0 aliphatic heterocycles. The molecule has 0 rings (SSSR count). The van der Waals surface area contributed by atoms with Gasteiger partial charge in [-0.05, 0) is 20.8 Å². The highest BCUT2D eigenvalue weighted by atomic mass is 16.6. The second kappa shape index (κ2) is 6.60. The molecule has 0 unspecified atom stereocenters. The van der Waals surface area contributed by atoms with Crippen molar-refractivity contribution in [3.05, 3.63) is 0 Å². The predicted octanol–water partition coefficient (Wildman–Crippen LogP) is 0.949. The van der Waals surface area contributed by atoms with E-state index in [1.165, 1.54) is 14.2 Å². The van der Waals surface area contributed by atoms with Gasteiger partial charge >= 0.3 is 5.97 Å². The fourth-order valence-corrected chi connectivity index (χ4v) is 1.08. The lowest BCUT2D eigenvalue weighted by Crippen LogP contribution is -2.32. The summed E-state index contributed by atoms with van der Waals surface area (Å²) in [6.45, 7) is 5.38. The van der Waals surface area contributed by atoms with Crippen molar-refractivity contribution in [2.45, 2.75) is 38.9 Å². The number of Topliss-reactive ketones (excluding diaryl/α,β-unsaturated/α-hetero) is 1. The summed E-state index contributed by atoms with van der Waals surface area (Å²) >= 11 is 0. The first kappa shape index (κ1) is 15.1. The fourth-order valence-electron chi connectivity index (χ4n) is 1.08. The Hall–Kier alpha value is -0.940. The van der Waals surface area contributed by atoms with Crippen LogP contribution >= 0.6 is 0 Å². The Balaban J connectivity index is 4.17. The van der Waals surface area contributed by atoms with E-state index in [-0.39, 0.29) is 18.8 Å². The molecule has 0 aliphatic carbocycles. The van der Waals surface area contributed by atoms with Crippen molar-refractivity contribution < 1.29 is 23.8 Å². The summed E-state index contributed by atoms with van der Waals surface area (Å²) in [4.78, 5) is 22.9. The fraction of sp³-hybridized carbons (Fsp3) is 0.818. The lowest BCUT2D eigenvalue weighted by molar-refractivity contribution is -0.158. The molecule has 16 heavy (non-hydrogen) atoms. The van der Waals surface area contributed by atoms with Crippen molar-refractivity contribution in [2.75, 3.05) is 20.8 Å². The van der Waals surface area contributed by atoms with Gasteiger partial charge in [0.1, 0.15) is 18.1 Å². The van der Waals surface area contributed by atoms with Gasteiger partial charge in [-0.15, -0.1) is 0 Å². The van der Waals surface area contributed by atoms with Crippen LogP contribution in [0.3, 0.4) is 0 Å². The van der Waals surface area contributed by atoms with Gasteiger partial charge in [-0.25, -0.2) is 0 Å². The van der Waals surface area contributed by atoms with Gasteiger partial charge in [-0.2, -0.15) is 0 Å². The second-order valence-electron chi connectivity index (χ2n) is 4.41. The van der Waals surface area contributed by atoms with Crippen molar-refractivity contribution in [1.82, 2.24) is 0 Å². The molecule has 0 aliphatic rings. The first-order chi connectivity index (χ1) is 7.30. The van der Waals surface area contributed by atoms with E-state index in [9.17, 15) is 9.59 Å². The lowest BCUT2D eigenvalue weighted by Gasteiger charge is -2.20. The van der Waals surface area contributed by atoms with Gasteiger partial charge in [0.25, 0.3) is 0 Å². The summed E-state index contributed by atoms with van der Waals surface area (Å²) < 4.78 is 14.7. The van der Waals surface area contributed by atoms with E-state index in [4.69, 9.17) is 14.2 Å². The Bertz CT molecular complexity index is 241. The van der Waals surface area contributed by atoms with Crippen LogP contribution in [-0.2, 0) is 23.8 Å². The number of ketones is 1. The van der Waals surface area contributed by atoms with Crippen LogP contribution in [0.4, 0.5) is 0 Å². The standard InChI is InChI=1S/C11H20O5/c1-11(2,3)16-10(13)6-8(12)9(15-5)7-14-4/h9H,6-7H2,1-5H3/t9-/m1/s1. The van der Waals surface area contributed by atoms with E-state index in [1.54, 1.807) is 20.8 Å². The monoisotopic (exact) mass is 232 g/mol. The zero-order valence-corrected chi connectivity index (χ0v) is 10.5. The summed E-state index contributed by atoms with van der Waals surface area (Å²) in [5, 5.41) is 0. The minimum absolute atomic E-state index is 0.137. The zero-order valence-electron chi connectivity index (χ0n) is 10.5. The van der Waals surface area contributed by atoms with E-state index in [2.05, 4.69) is 0 Å². The summed E-state index contributed by atoms with van der Waals surface area (Å²) in [5.41, 5.74) is -0.582. The number of hydrogen-bond donors (Lipinski definition) is 0. The molecular weight excluding hydrogens is 212 g/mol. The van der Waals surface area contributed by atoms with E-state index in [0.29, 0.717) is 0 Å². The second-order valence-corrected chi connectivity index (χ2v) is 4.41. The van der Waals surface area contributed by atoms with E-state index in [1.807, 2.05) is 0 Å². The molecule has 0 fully saturated rings. The molecule has 0 heterocycles. The van der Waals surface area contributed by atoms with Crippen LogP contribution in [0.15, 0.2) is 0 Å². The predicted molar refractivity (Wildman–Crippen MR) is 58.1 cm³/mol. The van der Waals surface area contributed by atoms with Crippen LogP contribution in [-0.4, -0.2) is 44.3 Å². The maximum Gasteiger partial charge on any atom is 0.313 e. The largest absolute Gasteiger partial charge is 0.460 e. The highest BCUT2D eigenvalue weighted by molar-refractivity contribution is 5.98. The molecule has 0 spiro atoms. The Morgan fingerprint density at radius 2 is 1.75 bits per heavy atom. The molecule has 0 aromatic heterocycles. The molecule has 94 valence electrons. The topological polar surface area (TPSA) is 61.8 Å². The van der Waals surface area contributed by atoms with Crippen molar-refractivity contribution in [3.63, 3.8) is 0 Å². The highest BCUT2D eigenvalue weighted by Gasteiger charge is 2.24. The summed E-state index contributed by atoms with van der Waals surface area (Å²) in [6.07, 6.45) is -1.00. The van der Waals surface area contributed by atoms with Crippen molar-refractivity contribution in [3.8, 4) is 0 Å². The number of carbonyl (C=O) groups is 2. The third kappa shape index (κ3) is 6.53. The van der Waals surface area contributed by atoms with Crippen LogP contribution in [0.5, 0.6) is 0 Å². The number of rotatable bonds is 6. The van der Waals surface area contributed by atoms with Crippen LogP contribution < -0.4 is 0 Å². The van der Waals surface area contributed by atoms with Gasteiger partial charge in [0.05, 0.1) is 6.61 Å². The number of carbonyl (C=O) groups excluding carboxylic acids is 2. The smallest absolute Gasteiger partial charge is 0.313 e. The molecular formula is C11H20O5. The average Bonchev–Trinajstić information content (AvgIpc) is 2.10. The molecule has 5 heteroatoms. The van der Waals surface area contributed by atoms with Crippen molar-refractivity contribution in [1.29, 1.82) is 0 Å². The van der Waals surface area contributed by atoms with E-state index in [0.717, 1.165) is 0 Å². The van der Waals surface area contributed by atoms with Crippen LogP contribution in [0.1, 0.15) is 27.2 Å². The molecule has 0 amide bonds. The normalized spacial score (nSPS) is 13.3. The van der Waals surface area contributed by atoms with Gasteiger partial charge in [0.15, 0.2) is 5.78 Å². The third-order valence-corrected chi connectivity index (χ3v) is 1.70. The van der Waals surface area contributed by atoms with Gasteiger partial charge in [0.2, 0.25) is 0 Å². The molecule has 1 atom stereocenters. The molecule has 0 aromatic carbocycles. The maximum absolute atomic E-state index is 11.6. The lowest BCUT2D eigenvalue weighted by atomic mass is 10.1. The van der Waals surface area contributed by atoms with Crippen molar-refractivity contribution >= 4 is 11.8 Å². The highest BCUT2D eigenvalue weighted by Crippen LogP contribution is 2.09. The first-order valence-electron chi connectivity index (χ1n) is 5.06. The molecule has 0 bridgehead atoms. The quantitative estimate of drug-likeness (QED) is 0.504. The number of hydrogen-bond acceptors (Lipinski definition) is 5. The van der Waals surface area contributed by atoms with Gasteiger partial charge in [-0.1, -0.05) is 0 Å². The minimum atomic E-state index is -0.711. The van der Waals surface area contributed by atoms with Crippen LogP contribution in [0.2, 0.25) is 0 Å². The zero-order chi connectivity index (χ0) is 12.8.